The zero-order chi connectivity index (χ0) is 32.0. The van der Waals surface area contributed by atoms with Crippen LogP contribution in [0.5, 0.6) is 0 Å². The van der Waals surface area contributed by atoms with Gasteiger partial charge in [0.25, 0.3) is 0 Å². The summed E-state index contributed by atoms with van der Waals surface area (Å²) in [5.74, 6) is 0.0962. The molecule has 4 aliphatic rings. The lowest BCUT2D eigenvalue weighted by atomic mass is 9.78. The third-order valence-electron chi connectivity index (χ3n) is 10.6. The molecule has 1 unspecified atom stereocenters. The molecule has 2 heterocycles. The number of aromatic nitrogens is 1. The van der Waals surface area contributed by atoms with Crippen molar-refractivity contribution in [3.05, 3.63) is 197 Å². The number of nitrogens with zero attached hydrogens (tertiary/aromatic N) is 2. The SMILES string of the molecule is CC1(C)C2=C=C3C(C=C2C2=C1C=C=CC=C2)c1cc(-c2ccc4c(c2)c2ccccc2n4-c2ccccc2)ccc1N3c1ccccc1. The largest absolute Gasteiger partial charge is 0.309 e. The summed E-state index contributed by atoms with van der Waals surface area (Å²) in [6.45, 7) is 4.64. The average molecular weight is 613 g/mol. The van der Waals surface area contributed by atoms with Gasteiger partial charge >= 0.3 is 0 Å². The Labute approximate surface area is 280 Å². The van der Waals surface area contributed by atoms with Crippen molar-refractivity contribution in [1.82, 2.24) is 4.57 Å². The highest BCUT2D eigenvalue weighted by Gasteiger charge is 2.44. The van der Waals surface area contributed by atoms with Crippen LogP contribution in [0.25, 0.3) is 38.6 Å². The summed E-state index contributed by atoms with van der Waals surface area (Å²) in [6, 6.07) is 44.1. The molecule has 0 spiro atoms. The molecule has 10 rings (SSSR count). The molecule has 5 aromatic carbocycles. The van der Waals surface area contributed by atoms with Crippen LogP contribution in [0.3, 0.4) is 0 Å². The van der Waals surface area contributed by atoms with E-state index >= 15 is 0 Å². The molecule has 0 radical (unpaired) electrons. The molecule has 2 heteroatoms. The van der Waals surface area contributed by atoms with Gasteiger partial charge in [0.1, 0.15) is 0 Å². The second-order valence-corrected chi connectivity index (χ2v) is 13.6. The fraction of sp³-hybridized carbons (Fsp3) is 0.0870. The van der Waals surface area contributed by atoms with E-state index in [0.29, 0.717) is 0 Å². The highest BCUT2D eigenvalue weighted by Crippen LogP contribution is 2.57. The minimum absolute atomic E-state index is 0.0962. The molecule has 2 nitrogen and oxygen atoms in total. The lowest BCUT2D eigenvalue weighted by Crippen LogP contribution is -2.17. The van der Waals surface area contributed by atoms with Gasteiger partial charge in [0, 0.05) is 33.1 Å². The normalized spacial score (nSPS) is 18.3. The Morgan fingerprint density at radius 3 is 2.23 bits per heavy atom. The number of hydrogen-bond acceptors (Lipinski definition) is 1. The summed E-state index contributed by atoms with van der Waals surface area (Å²) in [5.41, 5.74) is 23.3. The number of allylic oxidation sites excluding steroid dienone is 7. The molecule has 6 aromatic rings. The van der Waals surface area contributed by atoms with Crippen LogP contribution in [-0.4, -0.2) is 4.57 Å². The Morgan fingerprint density at radius 2 is 1.40 bits per heavy atom. The standard InChI is InChI=1S/C46H32N2/c1-46(2)40-20-11-5-10-18-34(40)36-28-39-38-27-31(23-25-44(38)48(45(39)29-41(36)46)33-16-8-4-9-17-33)30-22-24-43-37(26-30)35-19-12-13-21-42(35)47(43)32-14-6-3-7-15-32/h3-10,12-28,39H,1-2H3. The fourth-order valence-corrected chi connectivity index (χ4v) is 8.32. The molecule has 0 N–H and O–H groups in total. The monoisotopic (exact) mass is 612 g/mol. The Hall–Kier alpha value is -6.04. The zero-order valence-corrected chi connectivity index (χ0v) is 26.9. The second kappa shape index (κ2) is 9.98. The average Bonchev–Trinajstić information content (AvgIpc) is 3.59. The molecule has 3 aliphatic carbocycles. The number of hydrogen-bond donors (Lipinski definition) is 0. The molecule has 0 saturated heterocycles. The number of anilines is 2. The van der Waals surface area contributed by atoms with Gasteiger partial charge in [0.15, 0.2) is 0 Å². The lowest BCUT2D eigenvalue weighted by Gasteiger charge is -2.27. The van der Waals surface area contributed by atoms with Gasteiger partial charge in [-0.2, -0.15) is 0 Å². The van der Waals surface area contributed by atoms with Crippen molar-refractivity contribution in [3.63, 3.8) is 0 Å². The molecular weight excluding hydrogens is 581 g/mol. The van der Waals surface area contributed by atoms with Crippen molar-refractivity contribution in [2.75, 3.05) is 4.90 Å². The van der Waals surface area contributed by atoms with Gasteiger partial charge in [0.05, 0.1) is 28.3 Å². The molecule has 0 amide bonds. The van der Waals surface area contributed by atoms with E-state index in [9.17, 15) is 0 Å². The van der Waals surface area contributed by atoms with E-state index in [0.717, 1.165) is 5.69 Å². The van der Waals surface area contributed by atoms with E-state index in [1.54, 1.807) is 0 Å². The maximum absolute atomic E-state index is 4.02. The van der Waals surface area contributed by atoms with Crippen molar-refractivity contribution in [1.29, 1.82) is 0 Å². The number of fused-ring (bicyclic) bond motifs is 8. The molecule has 226 valence electrons. The van der Waals surface area contributed by atoms with Crippen LogP contribution >= 0.6 is 0 Å². The van der Waals surface area contributed by atoms with Crippen molar-refractivity contribution in [2.24, 2.45) is 5.41 Å². The molecule has 0 saturated carbocycles. The molecular formula is C46H32N2. The first-order chi connectivity index (χ1) is 23.6. The van der Waals surface area contributed by atoms with Gasteiger partial charge in [-0.1, -0.05) is 105 Å². The van der Waals surface area contributed by atoms with E-state index in [2.05, 4.69) is 180 Å². The van der Waals surface area contributed by atoms with Crippen LogP contribution in [-0.2, 0) is 0 Å². The van der Waals surface area contributed by atoms with Crippen molar-refractivity contribution in [3.8, 4) is 16.8 Å². The Morgan fingerprint density at radius 1 is 0.688 bits per heavy atom. The van der Waals surface area contributed by atoms with Crippen LogP contribution in [0, 0.1) is 5.41 Å². The third-order valence-corrected chi connectivity index (χ3v) is 10.6. The van der Waals surface area contributed by atoms with Crippen LogP contribution < -0.4 is 4.90 Å². The predicted octanol–water partition coefficient (Wildman–Crippen LogP) is 11.7. The van der Waals surface area contributed by atoms with E-state index in [4.69, 9.17) is 0 Å². The molecule has 1 aliphatic heterocycles. The highest BCUT2D eigenvalue weighted by atomic mass is 15.2. The molecule has 0 fully saturated rings. The summed E-state index contributed by atoms with van der Waals surface area (Å²) in [7, 11) is 0. The number of para-hydroxylation sites is 3. The van der Waals surface area contributed by atoms with Crippen molar-refractivity contribution < 1.29 is 0 Å². The summed E-state index contributed by atoms with van der Waals surface area (Å²) < 4.78 is 2.38. The Balaban J connectivity index is 1.17. The summed E-state index contributed by atoms with van der Waals surface area (Å²) in [4.78, 5) is 2.42. The first-order valence-corrected chi connectivity index (χ1v) is 16.7. The molecule has 48 heavy (non-hydrogen) atoms. The minimum atomic E-state index is -0.161. The van der Waals surface area contributed by atoms with Gasteiger partial charge in [0.2, 0.25) is 0 Å². The number of benzene rings is 5. The molecule has 1 atom stereocenters. The van der Waals surface area contributed by atoms with Crippen molar-refractivity contribution in [2.45, 2.75) is 19.8 Å². The summed E-state index contributed by atoms with van der Waals surface area (Å²) in [6.07, 6.45) is 11.0. The van der Waals surface area contributed by atoms with E-state index in [1.165, 1.54) is 77.9 Å². The maximum Gasteiger partial charge on any atom is 0.0774 e. The van der Waals surface area contributed by atoms with E-state index in [-0.39, 0.29) is 11.3 Å². The second-order valence-electron chi connectivity index (χ2n) is 13.6. The van der Waals surface area contributed by atoms with E-state index < -0.39 is 0 Å². The first-order valence-electron chi connectivity index (χ1n) is 16.7. The quantitative estimate of drug-likeness (QED) is 0.181. The van der Waals surface area contributed by atoms with Crippen LogP contribution in [0.2, 0.25) is 0 Å². The van der Waals surface area contributed by atoms with Crippen LogP contribution in [0.1, 0.15) is 25.3 Å². The van der Waals surface area contributed by atoms with Crippen molar-refractivity contribution >= 4 is 33.2 Å². The molecule has 0 bridgehead atoms. The number of rotatable bonds is 3. The van der Waals surface area contributed by atoms with Gasteiger partial charge in [-0.05, 0) is 100 Å². The molecule has 1 aromatic heterocycles. The maximum atomic E-state index is 4.02. The lowest BCUT2D eigenvalue weighted by molar-refractivity contribution is 0.577. The van der Waals surface area contributed by atoms with Crippen LogP contribution in [0.15, 0.2) is 191 Å². The Bertz CT molecular complexity index is 2590. The predicted molar refractivity (Wildman–Crippen MR) is 199 cm³/mol. The fourth-order valence-electron chi connectivity index (χ4n) is 8.32. The Kier molecular flexibility index (Phi) is 5.64. The van der Waals surface area contributed by atoms with Gasteiger partial charge in [-0.25, -0.2) is 0 Å². The van der Waals surface area contributed by atoms with Gasteiger partial charge in [-0.15, -0.1) is 5.73 Å². The topological polar surface area (TPSA) is 8.17 Å². The smallest absolute Gasteiger partial charge is 0.0774 e. The highest BCUT2D eigenvalue weighted by molar-refractivity contribution is 6.10. The first kappa shape index (κ1) is 27.1. The summed E-state index contributed by atoms with van der Waals surface area (Å²) >= 11 is 0. The van der Waals surface area contributed by atoms with Gasteiger partial charge in [-0.3, -0.25) is 0 Å². The summed E-state index contributed by atoms with van der Waals surface area (Å²) in [5, 5.41) is 2.53. The minimum Gasteiger partial charge on any atom is -0.309 e. The zero-order valence-electron chi connectivity index (χ0n) is 26.9. The van der Waals surface area contributed by atoms with Gasteiger partial charge < -0.3 is 9.47 Å². The van der Waals surface area contributed by atoms with Crippen LogP contribution in [0.4, 0.5) is 11.4 Å². The van der Waals surface area contributed by atoms with E-state index in [1.807, 2.05) is 6.08 Å². The third kappa shape index (κ3) is 3.76.